The van der Waals surface area contributed by atoms with Crippen LogP contribution in [0.2, 0.25) is 0 Å². The molecule has 2 heterocycles. The SMILES string of the molecule is Cc1ccc(S(=O)(=O)N2Cc3c(-c4ccccc4)nc(N(C)C)c(C)c3C2)cc1. The van der Waals surface area contributed by atoms with Crippen molar-refractivity contribution in [2.75, 3.05) is 19.0 Å². The van der Waals surface area contributed by atoms with Crippen LogP contribution in [0, 0.1) is 13.8 Å². The van der Waals surface area contributed by atoms with Crippen LogP contribution in [0.25, 0.3) is 11.3 Å². The number of fused-ring (bicyclic) bond motifs is 1. The van der Waals surface area contributed by atoms with E-state index in [0.717, 1.165) is 39.3 Å². The largest absolute Gasteiger partial charge is 0.362 e. The quantitative estimate of drug-likeness (QED) is 0.652. The number of aromatic nitrogens is 1. The number of hydrogen-bond acceptors (Lipinski definition) is 4. The first-order valence-electron chi connectivity index (χ1n) is 9.61. The molecule has 0 spiro atoms. The van der Waals surface area contributed by atoms with Crippen molar-refractivity contribution in [3.05, 3.63) is 76.9 Å². The number of hydrogen-bond donors (Lipinski definition) is 0. The lowest BCUT2D eigenvalue weighted by Gasteiger charge is -2.19. The number of anilines is 1. The molecule has 0 fully saturated rings. The van der Waals surface area contributed by atoms with E-state index in [4.69, 9.17) is 4.98 Å². The van der Waals surface area contributed by atoms with E-state index >= 15 is 0 Å². The minimum atomic E-state index is -3.58. The fraction of sp³-hybridized carbons (Fsp3) is 0.261. The first-order valence-corrected chi connectivity index (χ1v) is 11.0. The fourth-order valence-corrected chi connectivity index (χ4v) is 5.23. The van der Waals surface area contributed by atoms with E-state index in [1.165, 1.54) is 0 Å². The molecule has 4 rings (SSSR count). The van der Waals surface area contributed by atoms with Crippen LogP contribution in [-0.2, 0) is 23.1 Å². The number of sulfonamides is 1. The number of pyridine rings is 1. The average Bonchev–Trinajstić information content (AvgIpc) is 3.16. The summed E-state index contributed by atoms with van der Waals surface area (Å²) in [5, 5.41) is 0. The van der Waals surface area contributed by atoms with Gasteiger partial charge in [-0.05, 0) is 42.7 Å². The van der Waals surface area contributed by atoms with Gasteiger partial charge in [-0.3, -0.25) is 0 Å². The summed E-state index contributed by atoms with van der Waals surface area (Å²) in [5.41, 5.74) is 5.98. The van der Waals surface area contributed by atoms with E-state index in [-0.39, 0.29) is 0 Å². The van der Waals surface area contributed by atoms with Crippen molar-refractivity contribution in [1.82, 2.24) is 9.29 Å². The molecule has 0 bridgehead atoms. The van der Waals surface area contributed by atoms with Crippen LogP contribution < -0.4 is 4.90 Å². The van der Waals surface area contributed by atoms with Crippen molar-refractivity contribution >= 4 is 15.8 Å². The Hall–Kier alpha value is -2.70. The lowest BCUT2D eigenvalue weighted by molar-refractivity contribution is 0.431. The predicted octanol–water partition coefficient (Wildman–Crippen LogP) is 4.14. The lowest BCUT2D eigenvalue weighted by atomic mass is 9.99. The molecule has 0 saturated heterocycles. The van der Waals surface area contributed by atoms with Gasteiger partial charge in [0.1, 0.15) is 5.82 Å². The van der Waals surface area contributed by atoms with E-state index in [2.05, 4.69) is 0 Å². The molecule has 1 aliphatic rings. The second-order valence-electron chi connectivity index (χ2n) is 7.71. The van der Waals surface area contributed by atoms with Crippen LogP contribution >= 0.6 is 0 Å². The zero-order chi connectivity index (χ0) is 20.8. The summed E-state index contributed by atoms with van der Waals surface area (Å²) in [6.07, 6.45) is 0. The topological polar surface area (TPSA) is 53.5 Å². The van der Waals surface area contributed by atoms with Gasteiger partial charge in [0.25, 0.3) is 0 Å². The minimum absolute atomic E-state index is 0.329. The molecule has 3 aromatic rings. The third-order valence-corrected chi connectivity index (χ3v) is 7.26. The molecule has 1 aromatic heterocycles. The summed E-state index contributed by atoms with van der Waals surface area (Å²) in [4.78, 5) is 7.23. The van der Waals surface area contributed by atoms with Crippen molar-refractivity contribution in [1.29, 1.82) is 0 Å². The summed E-state index contributed by atoms with van der Waals surface area (Å²) in [7, 11) is 0.349. The second-order valence-corrected chi connectivity index (χ2v) is 9.65. The van der Waals surface area contributed by atoms with Gasteiger partial charge in [0.2, 0.25) is 10.0 Å². The van der Waals surface area contributed by atoms with Crippen LogP contribution in [0.1, 0.15) is 22.3 Å². The number of rotatable bonds is 4. The molecule has 1 aliphatic heterocycles. The monoisotopic (exact) mass is 407 g/mol. The molecule has 0 atom stereocenters. The normalized spacial score (nSPS) is 14.1. The Morgan fingerprint density at radius 1 is 0.897 bits per heavy atom. The van der Waals surface area contributed by atoms with Gasteiger partial charge in [-0.25, -0.2) is 13.4 Å². The zero-order valence-electron chi connectivity index (χ0n) is 17.2. The Bertz CT molecular complexity index is 1150. The third kappa shape index (κ3) is 3.43. The Labute approximate surface area is 172 Å². The van der Waals surface area contributed by atoms with Crippen molar-refractivity contribution in [2.24, 2.45) is 0 Å². The summed E-state index contributed by atoms with van der Waals surface area (Å²) in [6.45, 7) is 4.67. The molecule has 0 radical (unpaired) electrons. The maximum Gasteiger partial charge on any atom is 0.243 e. The van der Waals surface area contributed by atoms with E-state index in [0.29, 0.717) is 18.0 Å². The summed E-state index contributed by atoms with van der Waals surface area (Å²) in [6, 6.07) is 17.0. The Morgan fingerprint density at radius 2 is 1.52 bits per heavy atom. The van der Waals surface area contributed by atoms with Crippen molar-refractivity contribution < 1.29 is 8.42 Å². The molecule has 0 N–H and O–H groups in total. The first kappa shape index (κ1) is 19.6. The molecule has 0 aliphatic carbocycles. The Morgan fingerprint density at radius 3 is 2.14 bits per heavy atom. The van der Waals surface area contributed by atoms with Gasteiger partial charge >= 0.3 is 0 Å². The molecular weight excluding hydrogens is 382 g/mol. The van der Waals surface area contributed by atoms with Gasteiger partial charge in [0.15, 0.2) is 0 Å². The molecule has 29 heavy (non-hydrogen) atoms. The first-order chi connectivity index (χ1) is 13.8. The van der Waals surface area contributed by atoms with Crippen LogP contribution in [0.5, 0.6) is 0 Å². The number of aryl methyl sites for hydroxylation is 1. The summed E-state index contributed by atoms with van der Waals surface area (Å²) >= 11 is 0. The highest BCUT2D eigenvalue weighted by Gasteiger charge is 2.34. The van der Waals surface area contributed by atoms with E-state index in [9.17, 15) is 8.42 Å². The molecule has 0 amide bonds. The van der Waals surface area contributed by atoms with Crippen LogP contribution in [-0.4, -0.2) is 31.8 Å². The summed E-state index contributed by atoms with van der Waals surface area (Å²) in [5.74, 6) is 0.872. The molecule has 0 unspecified atom stereocenters. The lowest BCUT2D eigenvalue weighted by Crippen LogP contribution is -2.25. The van der Waals surface area contributed by atoms with Gasteiger partial charge in [-0.2, -0.15) is 4.31 Å². The van der Waals surface area contributed by atoms with Gasteiger partial charge in [0, 0.05) is 32.7 Å². The standard InChI is InChI=1S/C23H25N3O2S/c1-16-10-12-19(13-11-16)29(27,28)26-14-20-17(2)23(25(3)4)24-22(21(20)15-26)18-8-6-5-7-9-18/h5-13H,14-15H2,1-4H3. The average molecular weight is 408 g/mol. The van der Waals surface area contributed by atoms with E-state index in [1.807, 2.05) is 75.3 Å². The fourth-order valence-electron chi connectivity index (χ4n) is 3.85. The van der Waals surface area contributed by atoms with Gasteiger partial charge in [0.05, 0.1) is 10.6 Å². The van der Waals surface area contributed by atoms with Gasteiger partial charge < -0.3 is 4.90 Å². The molecule has 5 nitrogen and oxygen atoms in total. The van der Waals surface area contributed by atoms with Crippen LogP contribution in [0.4, 0.5) is 5.82 Å². The maximum atomic E-state index is 13.3. The predicted molar refractivity (Wildman–Crippen MR) is 116 cm³/mol. The van der Waals surface area contributed by atoms with Crippen molar-refractivity contribution in [3.63, 3.8) is 0 Å². The second kappa shape index (κ2) is 7.28. The van der Waals surface area contributed by atoms with Crippen LogP contribution in [0.15, 0.2) is 59.5 Å². The van der Waals surface area contributed by atoms with Gasteiger partial charge in [-0.1, -0.05) is 48.0 Å². The molecular formula is C23H25N3O2S. The smallest absolute Gasteiger partial charge is 0.243 e. The number of benzene rings is 2. The van der Waals surface area contributed by atoms with Crippen LogP contribution in [0.3, 0.4) is 0 Å². The number of nitrogens with zero attached hydrogens (tertiary/aromatic N) is 3. The van der Waals surface area contributed by atoms with E-state index < -0.39 is 10.0 Å². The van der Waals surface area contributed by atoms with E-state index in [1.54, 1.807) is 16.4 Å². The molecule has 2 aromatic carbocycles. The highest BCUT2D eigenvalue weighted by Crippen LogP contribution is 2.38. The maximum absolute atomic E-state index is 13.3. The van der Waals surface area contributed by atoms with Crippen molar-refractivity contribution in [2.45, 2.75) is 31.8 Å². The molecule has 6 heteroatoms. The minimum Gasteiger partial charge on any atom is -0.362 e. The third-order valence-electron chi connectivity index (χ3n) is 5.45. The Balaban J connectivity index is 1.83. The molecule has 150 valence electrons. The summed E-state index contributed by atoms with van der Waals surface area (Å²) < 4.78 is 28.1. The highest BCUT2D eigenvalue weighted by atomic mass is 32.2. The highest BCUT2D eigenvalue weighted by molar-refractivity contribution is 7.89. The van der Waals surface area contributed by atoms with Crippen molar-refractivity contribution in [3.8, 4) is 11.3 Å². The molecule has 0 saturated carbocycles. The van der Waals surface area contributed by atoms with Gasteiger partial charge in [-0.15, -0.1) is 0 Å². The zero-order valence-corrected chi connectivity index (χ0v) is 18.0. The Kier molecular flexibility index (Phi) is 4.92.